The monoisotopic (exact) mass is 561 g/mol. The van der Waals surface area contributed by atoms with Crippen molar-refractivity contribution in [2.75, 3.05) is 0 Å². The third-order valence-electron chi connectivity index (χ3n) is 5.65. The zero-order valence-electron chi connectivity index (χ0n) is 18.9. The number of benzene rings is 2. The van der Waals surface area contributed by atoms with Gasteiger partial charge in [-0.2, -0.15) is 0 Å². The van der Waals surface area contributed by atoms with Gasteiger partial charge in [-0.25, -0.2) is 0 Å². The van der Waals surface area contributed by atoms with E-state index in [0.29, 0.717) is 11.7 Å². The molecule has 1 aromatic heterocycles. The SMILES string of the molecule is CCC(C)c1ccc(C(CC)NC(=O)c2ccc(COc3c(Cl)c(Cl)c(Cl)c(Cl)c3Cl)o2)cc1. The first-order valence-electron chi connectivity index (χ1n) is 10.8. The molecule has 0 saturated heterocycles. The van der Waals surface area contributed by atoms with Gasteiger partial charge in [0.05, 0.1) is 21.1 Å². The molecule has 3 rings (SSSR count). The molecule has 0 bridgehead atoms. The Kier molecular flexibility index (Phi) is 9.48. The van der Waals surface area contributed by atoms with E-state index in [1.807, 2.05) is 6.92 Å². The lowest BCUT2D eigenvalue weighted by Crippen LogP contribution is -2.27. The molecule has 3 aromatic rings. The fourth-order valence-corrected chi connectivity index (χ4v) is 4.61. The summed E-state index contributed by atoms with van der Waals surface area (Å²) in [7, 11) is 0. The van der Waals surface area contributed by atoms with Crippen molar-refractivity contribution in [1.82, 2.24) is 5.32 Å². The van der Waals surface area contributed by atoms with Crippen LogP contribution in [0, 0.1) is 0 Å². The van der Waals surface area contributed by atoms with Gasteiger partial charge in [0.15, 0.2) is 11.5 Å². The van der Waals surface area contributed by atoms with Crippen LogP contribution in [0.15, 0.2) is 40.8 Å². The van der Waals surface area contributed by atoms with Gasteiger partial charge in [0.25, 0.3) is 5.91 Å². The molecular formula is C25H24Cl5NO3. The summed E-state index contributed by atoms with van der Waals surface area (Å²) in [4.78, 5) is 12.8. The van der Waals surface area contributed by atoms with Crippen LogP contribution in [0.1, 0.15) is 73.0 Å². The van der Waals surface area contributed by atoms with E-state index in [1.54, 1.807) is 12.1 Å². The Morgan fingerprint density at radius 1 is 0.853 bits per heavy atom. The van der Waals surface area contributed by atoms with Gasteiger partial charge in [-0.1, -0.05) is 103 Å². The maximum absolute atomic E-state index is 12.8. The molecule has 1 amide bonds. The van der Waals surface area contributed by atoms with Crippen molar-refractivity contribution in [2.24, 2.45) is 0 Å². The summed E-state index contributed by atoms with van der Waals surface area (Å²) in [6, 6.07) is 11.4. The van der Waals surface area contributed by atoms with Crippen LogP contribution in [0.4, 0.5) is 0 Å². The summed E-state index contributed by atoms with van der Waals surface area (Å²) < 4.78 is 11.3. The minimum atomic E-state index is -0.322. The van der Waals surface area contributed by atoms with E-state index in [9.17, 15) is 4.79 Å². The number of ether oxygens (including phenoxy) is 1. The van der Waals surface area contributed by atoms with Crippen molar-refractivity contribution in [2.45, 2.75) is 52.2 Å². The molecule has 2 atom stereocenters. The molecule has 1 heterocycles. The lowest BCUT2D eigenvalue weighted by molar-refractivity contribution is 0.0903. The number of halogens is 5. The van der Waals surface area contributed by atoms with Gasteiger partial charge >= 0.3 is 0 Å². The number of rotatable bonds is 9. The van der Waals surface area contributed by atoms with Crippen molar-refractivity contribution in [3.63, 3.8) is 0 Å². The summed E-state index contributed by atoms with van der Waals surface area (Å²) in [6.07, 6.45) is 1.81. The van der Waals surface area contributed by atoms with Crippen LogP contribution in [0.2, 0.25) is 25.1 Å². The summed E-state index contributed by atoms with van der Waals surface area (Å²) in [6.45, 7) is 6.34. The Hall–Kier alpha value is -1.56. The van der Waals surface area contributed by atoms with Crippen LogP contribution < -0.4 is 10.1 Å². The third kappa shape index (κ3) is 5.98. The van der Waals surface area contributed by atoms with Crippen molar-refractivity contribution >= 4 is 63.9 Å². The highest BCUT2D eigenvalue weighted by atomic mass is 35.5. The number of carbonyl (C=O) groups excluding carboxylic acids is 1. The molecule has 0 saturated carbocycles. The van der Waals surface area contributed by atoms with Crippen molar-refractivity contribution in [1.29, 1.82) is 0 Å². The fourth-order valence-electron chi connectivity index (χ4n) is 3.38. The highest BCUT2D eigenvalue weighted by Crippen LogP contribution is 2.48. The van der Waals surface area contributed by atoms with Crippen molar-refractivity contribution < 1.29 is 13.9 Å². The summed E-state index contributed by atoms with van der Waals surface area (Å²) in [5.41, 5.74) is 2.32. The number of hydrogen-bond donors (Lipinski definition) is 1. The molecule has 0 aliphatic carbocycles. The molecule has 0 spiro atoms. The zero-order chi connectivity index (χ0) is 25.0. The topological polar surface area (TPSA) is 51.5 Å². The molecule has 2 unspecified atom stereocenters. The standard InChI is InChI=1S/C25H24Cl5NO3/c1-4-13(3)14-6-8-15(9-7-14)17(5-2)31-25(32)18-11-10-16(34-18)12-33-24-22(29)20(27)19(26)21(28)23(24)30/h6-11,13,17H,4-5,12H2,1-3H3,(H,31,32). The van der Waals surface area contributed by atoms with E-state index in [1.165, 1.54) is 5.56 Å². The highest BCUT2D eigenvalue weighted by Gasteiger charge is 2.22. The molecule has 1 N–H and O–H groups in total. The molecule has 0 radical (unpaired) electrons. The second-order valence-corrected chi connectivity index (χ2v) is 9.75. The number of nitrogens with one attached hydrogen (secondary N) is 1. The Morgan fingerprint density at radius 3 is 1.97 bits per heavy atom. The highest BCUT2D eigenvalue weighted by molar-refractivity contribution is 6.55. The van der Waals surface area contributed by atoms with Crippen LogP contribution in [0.25, 0.3) is 0 Å². The Morgan fingerprint density at radius 2 is 1.41 bits per heavy atom. The Bertz CT molecular complexity index is 1130. The predicted octanol–water partition coefficient (Wildman–Crippen LogP) is 9.52. The summed E-state index contributed by atoms with van der Waals surface area (Å²) in [5, 5.41) is 3.22. The van der Waals surface area contributed by atoms with E-state index in [-0.39, 0.29) is 55.2 Å². The van der Waals surface area contributed by atoms with E-state index >= 15 is 0 Å². The third-order valence-corrected chi connectivity index (χ3v) is 7.89. The fraction of sp³-hybridized carbons (Fsp3) is 0.320. The second-order valence-electron chi connectivity index (χ2n) is 7.86. The maximum atomic E-state index is 12.8. The van der Waals surface area contributed by atoms with Crippen LogP contribution in [-0.4, -0.2) is 5.91 Å². The molecule has 182 valence electrons. The maximum Gasteiger partial charge on any atom is 0.287 e. The minimum Gasteiger partial charge on any atom is -0.482 e. The van der Waals surface area contributed by atoms with Crippen molar-refractivity contribution in [3.8, 4) is 5.75 Å². The summed E-state index contributed by atoms with van der Waals surface area (Å²) >= 11 is 30.5. The molecule has 0 fully saturated rings. The molecule has 0 aliphatic heterocycles. The molecule has 34 heavy (non-hydrogen) atoms. The lowest BCUT2D eigenvalue weighted by Gasteiger charge is -2.18. The quantitative estimate of drug-likeness (QED) is 0.208. The molecule has 4 nitrogen and oxygen atoms in total. The van der Waals surface area contributed by atoms with Gasteiger partial charge in [0.1, 0.15) is 22.4 Å². The van der Waals surface area contributed by atoms with Gasteiger partial charge in [-0.05, 0) is 42.0 Å². The average Bonchev–Trinajstić information content (AvgIpc) is 3.33. The van der Waals surface area contributed by atoms with Gasteiger partial charge in [0, 0.05) is 0 Å². The molecule has 0 aliphatic rings. The van der Waals surface area contributed by atoms with Crippen LogP contribution in [0.5, 0.6) is 5.75 Å². The smallest absolute Gasteiger partial charge is 0.287 e. The number of amides is 1. The van der Waals surface area contributed by atoms with E-state index < -0.39 is 0 Å². The number of furan rings is 1. The van der Waals surface area contributed by atoms with Crippen LogP contribution >= 0.6 is 58.0 Å². The zero-order valence-corrected chi connectivity index (χ0v) is 22.6. The van der Waals surface area contributed by atoms with Gasteiger partial charge in [0.2, 0.25) is 0 Å². The average molecular weight is 564 g/mol. The minimum absolute atomic E-state index is 0.0371. The van der Waals surface area contributed by atoms with Crippen LogP contribution in [-0.2, 0) is 6.61 Å². The predicted molar refractivity (Wildman–Crippen MR) is 140 cm³/mol. The normalized spacial score (nSPS) is 12.9. The van der Waals surface area contributed by atoms with Gasteiger partial charge in [-0.15, -0.1) is 0 Å². The van der Waals surface area contributed by atoms with E-state index in [0.717, 1.165) is 18.4 Å². The Labute approximate surface area is 224 Å². The van der Waals surface area contributed by atoms with E-state index in [4.69, 9.17) is 67.2 Å². The van der Waals surface area contributed by atoms with Gasteiger partial charge < -0.3 is 14.5 Å². The molecule has 9 heteroatoms. The first-order chi connectivity index (χ1) is 16.2. The molecule has 2 aromatic carbocycles. The second kappa shape index (κ2) is 11.9. The Balaban J connectivity index is 1.67. The first kappa shape index (κ1) is 27.0. The van der Waals surface area contributed by atoms with Crippen molar-refractivity contribution in [3.05, 3.63) is 84.2 Å². The largest absolute Gasteiger partial charge is 0.482 e. The lowest BCUT2D eigenvalue weighted by atomic mass is 9.95. The first-order valence-corrected chi connectivity index (χ1v) is 12.7. The number of hydrogen-bond acceptors (Lipinski definition) is 3. The van der Waals surface area contributed by atoms with Crippen LogP contribution in [0.3, 0.4) is 0 Å². The molecular weight excluding hydrogens is 540 g/mol. The number of carbonyl (C=O) groups is 1. The van der Waals surface area contributed by atoms with Gasteiger partial charge in [-0.3, -0.25) is 4.79 Å². The summed E-state index contributed by atoms with van der Waals surface area (Å²) in [5.74, 6) is 0.815. The van der Waals surface area contributed by atoms with E-state index in [2.05, 4.69) is 43.4 Å².